The van der Waals surface area contributed by atoms with Crippen LogP contribution in [0.2, 0.25) is 0 Å². The molecule has 10 heteroatoms. The molecule has 0 radical (unpaired) electrons. The molecule has 7 nitrogen and oxygen atoms in total. The van der Waals surface area contributed by atoms with E-state index < -0.39 is 10.0 Å². The zero-order chi connectivity index (χ0) is 22.7. The molecular weight excluding hydrogens is 564 g/mol. The lowest BCUT2D eigenvalue weighted by Gasteiger charge is -2.26. The van der Waals surface area contributed by atoms with Gasteiger partial charge in [0.05, 0.1) is 22.6 Å². The smallest absolute Gasteiger partial charge is 0.262 e. The number of anilines is 1. The quantitative estimate of drug-likeness (QED) is 0.465. The fourth-order valence-electron chi connectivity index (χ4n) is 3.34. The summed E-state index contributed by atoms with van der Waals surface area (Å²) in [6, 6.07) is 15.7. The molecule has 1 heterocycles. The van der Waals surface area contributed by atoms with Crippen LogP contribution in [0.3, 0.4) is 0 Å². The van der Waals surface area contributed by atoms with Gasteiger partial charge in [0, 0.05) is 23.2 Å². The van der Waals surface area contributed by atoms with Crippen molar-refractivity contribution in [2.24, 2.45) is 0 Å². The Labute approximate surface area is 203 Å². The van der Waals surface area contributed by atoms with Crippen LogP contribution in [0.1, 0.15) is 0 Å². The first kappa shape index (κ1) is 23.2. The van der Waals surface area contributed by atoms with Gasteiger partial charge in [0.1, 0.15) is 5.75 Å². The highest BCUT2D eigenvalue weighted by molar-refractivity contribution is 9.11. The highest BCUT2D eigenvalue weighted by atomic mass is 79.9. The molecule has 3 aromatic rings. The van der Waals surface area contributed by atoms with Crippen LogP contribution in [0.15, 0.2) is 68.4 Å². The number of sulfonamides is 1. The van der Waals surface area contributed by atoms with Crippen molar-refractivity contribution in [2.45, 2.75) is 4.90 Å². The Bertz CT molecular complexity index is 1240. The predicted molar refractivity (Wildman–Crippen MR) is 129 cm³/mol. The molecule has 0 saturated carbocycles. The molecule has 32 heavy (non-hydrogen) atoms. The summed E-state index contributed by atoms with van der Waals surface area (Å²) in [4.78, 5) is 12.5. The SMILES string of the molecule is O=C(COc1ccc2cc(Br)ccc2c1Br)Nc1ccc(S(=O)(=O)N2CCOCC2)cc1. The van der Waals surface area contributed by atoms with E-state index in [0.717, 1.165) is 19.7 Å². The first-order valence-electron chi connectivity index (χ1n) is 9.83. The summed E-state index contributed by atoms with van der Waals surface area (Å²) >= 11 is 6.99. The van der Waals surface area contributed by atoms with E-state index in [0.29, 0.717) is 37.7 Å². The van der Waals surface area contributed by atoms with Gasteiger partial charge in [-0.2, -0.15) is 4.31 Å². The van der Waals surface area contributed by atoms with Crippen molar-refractivity contribution in [3.63, 3.8) is 0 Å². The summed E-state index contributed by atoms with van der Waals surface area (Å²) in [6.07, 6.45) is 0. The Balaban J connectivity index is 1.38. The number of hydrogen-bond acceptors (Lipinski definition) is 5. The molecule has 0 unspecified atom stereocenters. The number of fused-ring (bicyclic) bond motifs is 1. The van der Waals surface area contributed by atoms with Gasteiger partial charge in [0.25, 0.3) is 5.91 Å². The van der Waals surface area contributed by atoms with Crippen LogP contribution in [0.25, 0.3) is 10.8 Å². The largest absolute Gasteiger partial charge is 0.483 e. The molecule has 4 rings (SSSR count). The van der Waals surface area contributed by atoms with Crippen molar-refractivity contribution < 1.29 is 22.7 Å². The van der Waals surface area contributed by atoms with Crippen LogP contribution in [-0.2, 0) is 19.6 Å². The number of nitrogens with one attached hydrogen (secondary N) is 1. The van der Waals surface area contributed by atoms with Crippen LogP contribution < -0.4 is 10.1 Å². The monoisotopic (exact) mass is 582 g/mol. The molecule has 1 amide bonds. The molecule has 1 saturated heterocycles. The van der Waals surface area contributed by atoms with Gasteiger partial charge >= 0.3 is 0 Å². The van der Waals surface area contributed by atoms with Gasteiger partial charge in [-0.05, 0) is 69.2 Å². The van der Waals surface area contributed by atoms with Gasteiger partial charge in [-0.3, -0.25) is 4.79 Å². The molecule has 0 bridgehead atoms. The van der Waals surface area contributed by atoms with Crippen molar-refractivity contribution in [3.05, 3.63) is 63.5 Å². The molecule has 1 aliphatic heterocycles. The molecule has 1 aliphatic rings. The Kier molecular flexibility index (Phi) is 7.16. The molecule has 168 valence electrons. The molecule has 0 spiro atoms. The van der Waals surface area contributed by atoms with Crippen molar-refractivity contribution in [1.29, 1.82) is 0 Å². The summed E-state index contributed by atoms with van der Waals surface area (Å²) in [5.74, 6) is 0.207. The number of ether oxygens (including phenoxy) is 2. The van der Waals surface area contributed by atoms with E-state index >= 15 is 0 Å². The Morgan fingerprint density at radius 1 is 1.03 bits per heavy atom. The number of halogens is 2. The van der Waals surface area contributed by atoms with Gasteiger partial charge in [-0.15, -0.1) is 0 Å². The Morgan fingerprint density at radius 2 is 1.75 bits per heavy atom. The molecule has 3 aromatic carbocycles. The number of carbonyl (C=O) groups excluding carboxylic acids is 1. The lowest BCUT2D eigenvalue weighted by atomic mass is 10.1. The van der Waals surface area contributed by atoms with E-state index in [1.807, 2.05) is 24.3 Å². The van der Waals surface area contributed by atoms with Crippen molar-refractivity contribution in [2.75, 3.05) is 38.2 Å². The number of carbonyl (C=O) groups is 1. The van der Waals surface area contributed by atoms with Crippen LogP contribution >= 0.6 is 31.9 Å². The van der Waals surface area contributed by atoms with E-state index in [1.54, 1.807) is 18.2 Å². The predicted octanol–water partition coefficient (Wildman–Crippen LogP) is 4.40. The van der Waals surface area contributed by atoms with Crippen LogP contribution in [-0.4, -0.2) is 51.5 Å². The summed E-state index contributed by atoms with van der Waals surface area (Å²) in [5.41, 5.74) is 0.488. The fraction of sp³-hybridized carbons (Fsp3) is 0.227. The standard InChI is InChI=1S/C22H20Br2N2O5S/c23-16-2-7-19-15(13-16)1-8-20(22(19)24)31-14-21(27)25-17-3-5-18(6-4-17)32(28,29)26-9-11-30-12-10-26/h1-8,13H,9-12,14H2,(H,25,27). The van der Waals surface area contributed by atoms with Gasteiger partial charge in [0.15, 0.2) is 6.61 Å². The number of morpholine rings is 1. The third-order valence-electron chi connectivity index (χ3n) is 4.99. The fourth-order valence-corrected chi connectivity index (χ4v) is 5.74. The number of nitrogens with zero attached hydrogens (tertiary/aromatic N) is 1. The molecule has 0 atom stereocenters. The number of benzene rings is 3. The van der Waals surface area contributed by atoms with Gasteiger partial charge in [-0.25, -0.2) is 8.42 Å². The average molecular weight is 584 g/mol. The van der Waals surface area contributed by atoms with Crippen molar-refractivity contribution in [3.8, 4) is 5.75 Å². The van der Waals surface area contributed by atoms with Gasteiger partial charge < -0.3 is 14.8 Å². The van der Waals surface area contributed by atoms with Crippen LogP contribution in [0, 0.1) is 0 Å². The highest BCUT2D eigenvalue weighted by Crippen LogP contribution is 2.34. The number of rotatable bonds is 6. The second-order valence-corrected chi connectivity index (χ2v) is 10.8. The van der Waals surface area contributed by atoms with Crippen molar-refractivity contribution in [1.82, 2.24) is 4.31 Å². The van der Waals surface area contributed by atoms with Crippen LogP contribution in [0.5, 0.6) is 5.75 Å². The molecule has 0 aliphatic carbocycles. The Hall–Kier alpha value is -1.98. The van der Waals surface area contributed by atoms with Crippen molar-refractivity contribution >= 4 is 64.3 Å². The highest BCUT2D eigenvalue weighted by Gasteiger charge is 2.26. The van der Waals surface area contributed by atoms with E-state index in [4.69, 9.17) is 9.47 Å². The van der Waals surface area contributed by atoms with E-state index in [-0.39, 0.29) is 17.4 Å². The summed E-state index contributed by atoms with van der Waals surface area (Å²) in [6.45, 7) is 1.25. The second kappa shape index (κ2) is 9.88. The Morgan fingerprint density at radius 3 is 2.47 bits per heavy atom. The first-order chi connectivity index (χ1) is 15.3. The molecule has 0 aromatic heterocycles. The molecule has 1 fully saturated rings. The van der Waals surface area contributed by atoms with Gasteiger partial charge in [-0.1, -0.05) is 28.1 Å². The summed E-state index contributed by atoms with van der Waals surface area (Å²) < 4.78 is 39.4. The maximum Gasteiger partial charge on any atom is 0.262 e. The first-order valence-corrected chi connectivity index (χ1v) is 12.9. The normalized spacial score (nSPS) is 14.9. The third kappa shape index (κ3) is 5.15. The van der Waals surface area contributed by atoms with E-state index in [1.165, 1.54) is 16.4 Å². The van der Waals surface area contributed by atoms with E-state index in [2.05, 4.69) is 37.2 Å². The lowest BCUT2D eigenvalue weighted by Crippen LogP contribution is -2.40. The summed E-state index contributed by atoms with van der Waals surface area (Å²) in [5, 5.41) is 4.73. The lowest BCUT2D eigenvalue weighted by molar-refractivity contribution is -0.118. The summed E-state index contributed by atoms with van der Waals surface area (Å²) in [7, 11) is -3.57. The third-order valence-corrected chi connectivity index (χ3v) is 8.21. The van der Waals surface area contributed by atoms with E-state index in [9.17, 15) is 13.2 Å². The number of hydrogen-bond donors (Lipinski definition) is 1. The zero-order valence-electron chi connectivity index (χ0n) is 16.9. The minimum absolute atomic E-state index is 0.181. The maximum absolute atomic E-state index is 12.7. The molecular formula is C22H20Br2N2O5S. The second-order valence-electron chi connectivity index (χ2n) is 7.12. The van der Waals surface area contributed by atoms with Gasteiger partial charge in [0.2, 0.25) is 10.0 Å². The minimum atomic E-state index is -3.57. The number of amides is 1. The minimum Gasteiger partial charge on any atom is -0.483 e. The maximum atomic E-state index is 12.7. The van der Waals surface area contributed by atoms with Crippen LogP contribution in [0.4, 0.5) is 5.69 Å². The topological polar surface area (TPSA) is 84.9 Å². The zero-order valence-corrected chi connectivity index (χ0v) is 20.9. The average Bonchev–Trinajstić information content (AvgIpc) is 2.79. The molecule has 1 N–H and O–H groups in total.